The second kappa shape index (κ2) is 13.2. The maximum Gasteiger partial charge on any atom is 0.573 e. The molecule has 2 aromatic carbocycles. The zero-order valence-corrected chi connectivity index (χ0v) is 23.2. The Balaban J connectivity index is 1.09. The lowest BCUT2D eigenvalue weighted by Crippen LogP contribution is -2.62. The topological polar surface area (TPSA) is 135 Å². The number of hydrogen-bond donors (Lipinski definition) is 3. The van der Waals surface area contributed by atoms with E-state index in [1.54, 1.807) is 18.2 Å². The van der Waals surface area contributed by atoms with Gasteiger partial charge in [0.1, 0.15) is 11.9 Å². The van der Waals surface area contributed by atoms with Crippen LogP contribution in [0.4, 0.5) is 30.6 Å². The lowest BCUT2D eigenvalue weighted by atomic mass is 9.84. The third kappa shape index (κ3) is 8.09. The number of hydrogen-bond acceptors (Lipinski definition) is 9. The van der Waals surface area contributed by atoms with Crippen LogP contribution in [0.3, 0.4) is 0 Å². The van der Waals surface area contributed by atoms with Crippen LogP contribution in [-0.4, -0.2) is 63.8 Å². The maximum atomic E-state index is 12.7. The molecule has 14 heteroatoms. The summed E-state index contributed by atoms with van der Waals surface area (Å²) < 4.78 is 42.3. The summed E-state index contributed by atoms with van der Waals surface area (Å²) in [4.78, 5) is 34.0. The summed E-state index contributed by atoms with van der Waals surface area (Å²) in [5, 5.41) is 20.6. The highest BCUT2D eigenvalue weighted by atomic mass is 19.4. The molecule has 43 heavy (non-hydrogen) atoms. The van der Waals surface area contributed by atoms with Crippen LogP contribution in [0.15, 0.2) is 60.8 Å². The smallest absolute Gasteiger partial charge is 0.405 e. The zero-order valence-electron chi connectivity index (χ0n) is 23.2. The monoisotopic (exact) mass is 599 g/mol. The highest BCUT2D eigenvalue weighted by Gasteiger charge is 2.35. The summed E-state index contributed by atoms with van der Waals surface area (Å²) >= 11 is 0. The number of nitrogens with zero attached hydrogens (tertiary/aromatic N) is 4. The van der Waals surface area contributed by atoms with Crippen LogP contribution in [0.5, 0.6) is 5.75 Å². The molecule has 1 aliphatic heterocycles. The largest absolute Gasteiger partial charge is 0.573 e. The van der Waals surface area contributed by atoms with Crippen molar-refractivity contribution < 1.29 is 27.6 Å². The highest BCUT2D eigenvalue weighted by molar-refractivity contribution is 5.94. The number of likely N-dealkylation sites (tertiary alicyclic amines) is 1. The molecule has 2 fully saturated rings. The van der Waals surface area contributed by atoms with Crippen LogP contribution >= 0.6 is 0 Å². The summed E-state index contributed by atoms with van der Waals surface area (Å²) in [5.41, 5.74) is 0.589. The molecule has 1 saturated carbocycles. The number of rotatable bonds is 11. The average molecular weight is 600 g/mol. The molecule has 1 aliphatic carbocycles. The SMILES string of the molecule is O=C(NC1CN(C2CCC(CNc3nc(NCc4ccccc4OC(F)(F)F)ncc3[N+](=O)[O-])CC2)C1)c1ccccc1. The number of nitro groups is 1. The molecule has 1 aromatic heterocycles. The van der Waals surface area contributed by atoms with Gasteiger partial charge >= 0.3 is 12.0 Å². The van der Waals surface area contributed by atoms with E-state index in [0.29, 0.717) is 24.1 Å². The molecule has 3 aromatic rings. The number of carbonyl (C=O) groups excluding carboxylic acids is 1. The fraction of sp³-hybridized carbons (Fsp3) is 0.414. The molecule has 5 rings (SSSR count). The van der Waals surface area contributed by atoms with Gasteiger partial charge in [-0.1, -0.05) is 36.4 Å². The number of benzene rings is 2. The van der Waals surface area contributed by atoms with Crippen LogP contribution in [-0.2, 0) is 6.54 Å². The normalized spacial score (nSPS) is 19.2. The molecule has 0 atom stereocenters. The molecule has 1 amide bonds. The van der Waals surface area contributed by atoms with Gasteiger partial charge in [0, 0.05) is 43.3 Å². The van der Waals surface area contributed by atoms with Crippen LogP contribution < -0.4 is 20.7 Å². The van der Waals surface area contributed by atoms with Gasteiger partial charge in [0.15, 0.2) is 0 Å². The number of ether oxygens (including phenoxy) is 1. The molecular weight excluding hydrogens is 567 g/mol. The Bertz CT molecular complexity index is 1410. The van der Waals surface area contributed by atoms with Gasteiger partial charge in [-0.3, -0.25) is 19.8 Å². The number of para-hydroxylation sites is 1. The Labute approximate surface area is 246 Å². The molecule has 2 aliphatic rings. The van der Waals surface area contributed by atoms with Gasteiger partial charge in [0.25, 0.3) is 5.91 Å². The van der Waals surface area contributed by atoms with Crippen molar-refractivity contribution in [3.8, 4) is 5.75 Å². The van der Waals surface area contributed by atoms with Gasteiger partial charge in [0.05, 0.1) is 11.0 Å². The van der Waals surface area contributed by atoms with E-state index in [4.69, 9.17) is 0 Å². The summed E-state index contributed by atoms with van der Waals surface area (Å²) in [6.45, 7) is 2.05. The van der Waals surface area contributed by atoms with Gasteiger partial charge in [-0.2, -0.15) is 4.98 Å². The maximum absolute atomic E-state index is 12.7. The molecule has 0 spiro atoms. The van der Waals surface area contributed by atoms with Crippen molar-refractivity contribution in [3.05, 3.63) is 82.0 Å². The molecule has 0 radical (unpaired) electrons. The number of anilines is 2. The Morgan fingerprint density at radius 1 is 1.02 bits per heavy atom. The Kier molecular flexibility index (Phi) is 9.24. The van der Waals surface area contributed by atoms with Gasteiger partial charge in [-0.15, -0.1) is 13.2 Å². The van der Waals surface area contributed by atoms with Crippen molar-refractivity contribution in [2.24, 2.45) is 5.92 Å². The molecule has 228 valence electrons. The average Bonchev–Trinajstić information content (AvgIpc) is 2.97. The Morgan fingerprint density at radius 2 is 1.72 bits per heavy atom. The van der Waals surface area contributed by atoms with Crippen LogP contribution in [0.2, 0.25) is 0 Å². The van der Waals surface area contributed by atoms with Crippen molar-refractivity contribution in [1.82, 2.24) is 20.2 Å². The summed E-state index contributed by atoms with van der Waals surface area (Å²) in [6, 6.07) is 15.4. The van der Waals surface area contributed by atoms with E-state index in [-0.39, 0.29) is 47.3 Å². The lowest BCUT2D eigenvalue weighted by Gasteiger charge is -2.46. The number of nitrogens with one attached hydrogen (secondary N) is 3. The first-order chi connectivity index (χ1) is 20.6. The van der Waals surface area contributed by atoms with E-state index in [0.717, 1.165) is 45.0 Å². The molecule has 0 unspecified atom stereocenters. The van der Waals surface area contributed by atoms with E-state index in [1.807, 2.05) is 18.2 Å². The van der Waals surface area contributed by atoms with Gasteiger partial charge in [-0.05, 0) is 49.8 Å². The first-order valence-corrected chi connectivity index (χ1v) is 14.1. The molecule has 3 N–H and O–H groups in total. The predicted molar refractivity (Wildman–Crippen MR) is 153 cm³/mol. The van der Waals surface area contributed by atoms with E-state index in [1.165, 1.54) is 18.2 Å². The summed E-state index contributed by atoms with van der Waals surface area (Å²) in [7, 11) is 0. The van der Waals surface area contributed by atoms with Crippen LogP contribution in [0.1, 0.15) is 41.6 Å². The standard InChI is InChI=1S/C29H32F3N7O4/c30-29(31,32)43-25-9-5-4-8-21(25)15-34-28-35-16-24(39(41)42)26(37-28)33-14-19-10-12-23(13-11-19)38-17-22(18-38)36-27(40)20-6-2-1-3-7-20/h1-9,16,19,22-23H,10-15,17-18H2,(H,36,40)(H2,33,34,35,37). The fourth-order valence-electron chi connectivity index (χ4n) is 5.49. The van der Waals surface area contributed by atoms with Crippen molar-refractivity contribution in [3.63, 3.8) is 0 Å². The van der Waals surface area contributed by atoms with Crippen molar-refractivity contribution in [2.75, 3.05) is 30.3 Å². The van der Waals surface area contributed by atoms with Gasteiger partial charge < -0.3 is 20.7 Å². The Hall–Kier alpha value is -4.46. The third-order valence-corrected chi connectivity index (χ3v) is 7.77. The number of aromatic nitrogens is 2. The minimum absolute atomic E-state index is 0.0327. The molecule has 0 bridgehead atoms. The van der Waals surface area contributed by atoms with E-state index in [2.05, 4.69) is 35.6 Å². The summed E-state index contributed by atoms with van der Waals surface area (Å²) in [5.74, 6) is -0.0421. The summed E-state index contributed by atoms with van der Waals surface area (Å²) in [6.07, 6.45) is 0.0928. The second-order valence-electron chi connectivity index (χ2n) is 10.7. The third-order valence-electron chi connectivity index (χ3n) is 7.77. The molecule has 1 saturated heterocycles. The minimum Gasteiger partial charge on any atom is -0.405 e. The minimum atomic E-state index is -4.84. The van der Waals surface area contributed by atoms with Crippen LogP contribution in [0, 0.1) is 16.0 Å². The first-order valence-electron chi connectivity index (χ1n) is 14.1. The van der Waals surface area contributed by atoms with Gasteiger partial charge in [0.2, 0.25) is 11.8 Å². The Morgan fingerprint density at radius 3 is 2.42 bits per heavy atom. The molecular formula is C29H32F3N7O4. The number of carbonyl (C=O) groups is 1. The van der Waals surface area contributed by atoms with Crippen LogP contribution in [0.25, 0.3) is 0 Å². The second-order valence-corrected chi connectivity index (χ2v) is 10.7. The van der Waals surface area contributed by atoms with Crippen molar-refractivity contribution >= 4 is 23.4 Å². The van der Waals surface area contributed by atoms with Crippen molar-refractivity contribution in [2.45, 2.75) is 50.7 Å². The quantitative estimate of drug-likeness (QED) is 0.206. The molecule has 11 nitrogen and oxygen atoms in total. The lowest BCUT2D eigenvalue weighted by molar-refractivity contribution is -0.384. The first kappa shape index (κ1) is 30.0. The van der Waals surface area contributed by atoms with E-state index >= 15 is 0 Å². The van der Waals surface area contributed by atoms with Crippen molar-refractivity contribution in [1.29, 1.82) is 0 Å². The van der Waals surface area contributed by atoms with E-state index < -0.39 is 11.3 Å². The number of amides is 1. The highest BCUT2D eigenvalue weighted by Crippen LogP contribution is 2.32. The van der Waals surface area contributed by atoms with Gasteiger partial charge in [-0.25, -0.2) is 4.98 Å². The molecule has 2 heterocycles. The van der Waals surface area contributed by atoms with E-state index in [9.17, 15) is 28.1 Å². The fourth-order valence-corrected chi connectivity index (χ4v) is 5.49. The number of halogens is 3. The zero-order chi connectivity index (χ0) is 30.4. The predicted octanol–water partition coefficient (Wildman–Crippen LogP) is 4.98. The number of alkyl halides is 3.